The molecular formula is C30H46O4. The molecule has 0 spiro atoms. The lowest BCUT2D eigenvalue weighted by Gasteiger charge is -2.58. The molecule has 0 aromatic rings. The van der Waals surface area contributed by atoms with E-state index in [0.717, 1.165) is 44.1 Å². The monoisotopic (exact) mass is 470 g/mol. The molecule has 1 N–H and O–H groups in total. The number of carbonyl (C=O) groups excluding carboxylic acids is 2. The quantitative estimate of drug-likeness (QED) is 0.351. The van der Waals surface area contributed by atoms with Gasteiger partial charge in [0.05, 0.1) is 6.10 Å². The van der Waals surface area contributed by atoms with Gasteiger partial charge in [0.25, 0.3) is 0 Å². The van der Waals surface area contributed by atoms with E-state index in [9.17, 15) is 14.7 Å². The summed E-state index contributed by atoms with van der Waals surface area (Å²) in [7, 11) is 0. The van der Waals surface area contributed by atoms with Gasteiger partial charge in [-0.15, -0.1) is 0 Å². The summed E-state index contributed by atoms with van der Waals surface area (Å²) in [4.78, 5) is 25.4. The van der Waals surface area contributed by atoms with Crippen molar-refractivity contribution in [3.63, 3.8) is 0 Å². The minimum Gasteiger partial charge on any atom is -0.465 e. The molecule has 0 heterocycles. The van der Waals surface area contributed by atoms with Crippen LogP contribution in [0.2, 0.25) is 0 Å². The molecule has 0 aliphatic heterocycles. The van der Waals surface area contributed by atoms with Crippen LogP contribution in [-0.4, -0.2) is 29.6 Å². The van der Waals surface area contributed by atoms with Gasteiger partial charge in [0.2, 0.25) is 0 Å². The zero-order valence-corrected chi connectivity index (χ0v) is 22.1. The molecule has 34 heavy (non-hydrogen) atoms. The molecule has 190 valence electrons. The Morgan fingerprint density at radius 3 is 2.59 bits per heavy atom. The Kier molecular flexibility index (Phi) is 7.22. The van der Waals surface area contributed by atoms with Gasteiger partial charge < -0.3 is 9.84 Å². The summed E-state index contributed by atoms with van der Waals surface area (Å²) in [5.74, 6) is 2.48. The minimum absolute atomic E-state index is 0.0242. The van der Waals surface area contributed by atoms with E-state index >= 15 is 0 Å². The van der Waals surface area contributed by atoms with Crippen LogP contribution in [-0.2, 0) is 14.3 Å². The number of hydrogen-bond acceptors (Lipinski definition) is 4. The number of carbonyl (C=O) groups is 2. The van der Waals surface area contributed by atoms with Gasteiger partial charge in [-0.2, -0.15) is 0 Å². The van der Waals surface area contributed by atoms with Crippen LogP contribution in [0.25, 0.3) is 0 Å². The highest BCUT2D eigenvalue weighted by Gasteiger charge is 2.62. The second-order valence-electron chi connectivity index (χ2n) is 12.7. The molecule has 0 aromatic heterocycles. The first kappa shape index (κ1) is 25.7. The third-order valence-corrected chi connectivity index (χ3v) is 10.7. The van der Waals surface area contributed by atoms with Crippen molar-refractivity contribution in [2.45, 2.75) is 98.5 Å². The van der Waals surface area contributed by atoms with Crippen molar-refractivity contribution in [2.75, 3.05) is 6.61 Å². The van der Waals surface area contributed by atoms with E-state index in [-0.39, 0.29) is 34.4 Å². The Morgan fingerprint density at radius 2 is 1.91 bits per heavy atom. The maximum Gasteiger partial charge on any atom is 0.302 e. The van der Waals surface area contributed by atoms with Crippen LogP contribution in [0, 0.1) is 46.3 Å². The maximum atomic E-state index is 13.6. The van der Waals surface area contributed by atoms with Gasteiger partial charge in [-0.05, 0) is 98.9 Å². The van der Waals surface area contributed by atoms with Crippen molar-refractivity contribution >= 4 is 11.8 Å². The van der Waals surface area contributed by atoms with Crippen molar-refractivity contribution in [1.29, 1.82) is 0 Å². The average molecular weight is 471 g/mol. The highest BCUT2D eigenvalue weighted by Crippen LogP contribution is 2.66. The fraction of sp³-hybridized carbons (Fsp3) is 0.800. The summed E-state index contributed by atoms with van der Waals surface area (Å²) in [5.41, 5.74) is 2.31. The molecule has 3 fully saturated rings. The van der Waals surface area contributed by atoms with Gasteiger partial charge >= 0.3 is 5.97 Å². The first-order valence-electron chi connectivity index (χ1n) is 13.7. The fourth-order valence-corrected chi connectivity index (χ4v) is 8.57. The minimum atomic E-state index is -0.396. The van der Waals surface area contributed by atoms with E-state index < -0.39 is 6.10 Å². The predicted molar refractivity (Wildman–Crippen MR) is 135 cm³/mol. The standard InChI is InChI=1S/C30H46O4/c1-18(2)19(3)7-8-20(4)24-9-10-25-28-26(12-13-29(24,25)6)30(17-34-21(5)31)14-11-23(32)15-22(30)16-27(28)33/h16,18,20,23-26,28,32H,3,7-15,17H2,1-2,4-6H3. The first-order chi connectivity index (χ1) is 16.0. The number of allylic oxidation sites excluding steroid dienone is 2. The van der Waals surface area contributed by atoms with Gasteiger partial charge in [0.15, 0.2) is 5.78 Å². The normalized spacial score (nSPS) is 40.1. The maximum absolute atomic E-state index is 13.6. The summed E-state index contributed by atoms with van der Waals surface area (Å²) in [6, 6.07) is 0. The third kappa shape index (κ3) is 4.33. The number of aliphatic hydroxyl groups is 1. The zero-order valence-electron chi connectivity index (χ0n) is 22.1. The average Bonchev–Trinajstić information content (AvgIpc) is 3.13. The van der Waals surface area contributed by atoms with E-state index in [2.05, 4.69) is 34.3 Å². The topological polar surface area (TPSA) is 63.6 Å². The number of rotatable bonds is 7. The highest BCUT2D eigenvalue weighted by molar-refractivity contribution is 5.94. The summed E-state index contributed by atoms with van der Waals surface area (Å²) >= 11 is 0. The Morgan fingerprint density at radius 1 is 1.18 bits per heavy atom. The van der Waals surface area contributed by atoms with Crippen LogP contribution >= 0.6 is 0 Å². The van der Waals surface area contributed by atoms with Crippen LogP contribution in [0.1, 0.15) is 92.4 Å². The number of fused-ring (bicyclic) bond motifs is 5. The van der Waals surface area contributed by atoms with Crippen molar-refractivity contribution < 1.29 is 19.4 Å². The molecule has 0 amide bonds. The summed E-state index contributed by atoms with van der Waals surface area (Å²) in [5, 5.41) is 10.4. The molecule has 4 aliphatic carbocycles. The Hall–Kier alpha value is -1.42. The Bertz CT molecular complexity index is 856. The summed E-state index contributed by atoms with van der Waals surface area (Å²) in [6.07, 6.45) is 10.3. The molecule has 4 aliphatic rings. The molecule has 3 saturated carbocycles. The molecule has 0 aromatic carbocycles. The number of aliphatic hydroxyl groups excluding tert-OH is 1. The van der Waals surface area contributed by atoms with Crippen LogP contribution in [0.15, 0.2) is 23.8 Å². The van der Waals surface area contributed by atoms with Crippen LogP contribution in [0.4, 0.5) is 0 Å². The Balaban J connectivity index is 1.59. The lowest BCUT2D eigenvalue weighted by Crippen LogP contribution is -2.56. The number of ketones is 1. The molecule has 8 atom stereocenters. The molecule has 4 heteroatoms. The molecule has 8 unspecified atom stereocenters. The number of ether oxygens (including phenoxy) is 1. The summed E-state index contributed by atoms with van der Waals surface area (Å²) < 4.78 is 5.65. The molecular weight excluding hydrogens is 424 g/mol. The largest absolute Gasteiger partial charge is 0.465 e. The van der Waals surface area contributed by atoms with Gasteiger partial charge in [-0.1, -0.05) is 45.4 Å². The van der Waals surface area contributed by atoms with E-state index in [1.165, 1.54) is 25.3 Å². The molecule has 0 bridgehead atoms. The fourth-order valence-electron chi connectivity index (χ4n) is 8.57. The highest BCUT2D eigenvalue weighted by atomic mass is 16.5. The van der Waals surface area contributed by atoms with Crippen molar-refractivity contribution in [1.82, 2.24) is 0 Å². The van der Waals surface area contributed by atoms with Crippen molar-refractivity contribution in [2.24, 2.45) is 46.3 Å². The van der Waals surface area contributed by atoms with Gasteiger partial charge in [0.1, 0.15) is 6.61 Å². The lowest BCUT2D eigenvalue weighted by molar-refractivity contribution is -0.152. The zero-order chi connectivity index (χ0) is 24.8. The second kappa shape index (κ2) is 9.56. The van der Waals surface area contributed by atoms with Crippen LogP contribution in [0.3, 0.4) is 0 Å². The summed E-state index contributed by atoms with van der Waals surface area (Å²) in [6.45, 7) is 15.5. The number of hydrogen-bond donors (Lipinski definition) is 1. The predicted octanol–water partition coefficient (Wildman–Crippen LogP) is 6.28. The first-order valence-corrected chi connectivity index (χ1v) is 13.7. The van der Waals surface area contributed by atoms with E-state index in [1.54, 1.807) is 0 Å². The second-order valence-corrected chi connectivity index (χ2v) is 12.7. The van der Waals surface area contributed by atoms with Gasteiger partial charge in [-0.3, -0.25) is 9.59 Å². The number of esters is 1. The molecule has 4 rings (SSSR count). The van der Waals surface area contributed by atoms with E-state index in [1.807, 2.05) is 6.08 Å². The molecule has 0 radical (unpaired) electrons. The molecule has 4 nitrogen and oxygen atoms in total. The van der Waals surface area contributed by atoms with Gasteiger partial charge in [-0.25, -0.2) is 0 Å². The smallest absolute Gasteiger partial charge is 0.302 e. The lowest BCUT2D eigenvalue weighted by atomic mass is 9.46. The Labute approximate surface area is 206 Å². The van der Waals surface area contributed by atoms with Crippen LogP contribution < -0.4 is 0 Å². The van der Waals surface area contributed by atoms with E-state index in [4.69, 9.17) is 4.74 Å². The SMILES string of the molecule is C=C(CCC(C)C1CCC2C3C(=O)C=C4CC(O)CCC4(COC(C)=O)C3CCC12C)C(C)C. The van der Waals surface area contributed by atoms with Crippen molar-refractivity contribution in [3.8, 4) is 0 Å². The van der Waals surface area contributed by atoms with Crippen molar-refractivity contribution in [3.05, 3.63) is 23.8 Å². The molecule has 0 saturated heterocycles. The third-order valence-electron chi connectivity index (χ3n) is 10.7. The van der Waals surface area contributed by atoms with Gasteiger partial charge in [0, 0.05) is 18.3 Å². The van der Waals surface area contributed by atoms with Crippen LogP contribution in [0.5, 0.6) is 0 Å². The van der Waals surface area contributed by atoms with E-state index in [0.29, 0.717) is 36.7 Å².